The molecular formula is C8H11BrF2N2S. The molecule has 14 heavy (non-hydrogen) atoms. The van der Waals surface area contributed by atoms with Crippen LogP contribution in [-0.4, -0.2) is 29.8 Å². The zero-order chi connectivity index (χ0) is 10.6. The molecule has 2 nitrogen and oxygen atoms in total. The number of thiazole rings is 1. The van der Waals surface area contributed by atoms with Crippen LogP contribution in [0.3, 0.4) is 0 Å². The number of anilines is 1. The Bertz CT molecular complexity index is 280. The number of aromatic nitrogens is 1. The second-order valence-corrected chi connectivity index (χ2v) is 4.43. The summed E-state index contributed by atoms with van der Waals surface area (Å²) in [5.74, 6) is 0. The summed E-state index contributed by atoms with van der Waals surface area (Å²) in [6.07, 6.45) is -2.32. The molecule has 0 atom stereocenters. The molecule has 0 aliphatic heterocycles. The average Bonchev–Trinajstić information content (AvgIpc) is 2.50. The standard InChI is InChI=1S/C8H11BrF2N2S/c1-6-5-14-8(12-6)13(3-2-9)4-7(10)11/h5,7H,2-4H2,1H3. The van der Waals surface area contributed by atoms with Crippen LogP contribution in [0.15, 0.2) is 5.38 Å². The molecule has 0 spiro atoms. The van der Waals surface area contributed by atoms with E-state index in [9.17, 15) is 8.78 Å². The third kappa shape index (κ3) is 3.49. The molecule has 0 aromatic carbocycles. The van der Waals surface area contributed by atoms with Crippen molar-refractivity contribution in [2.24, 2.45) is 0 Å². The molecule has 0 fully saturated rings. The molecule has 6 heteroatoms. The predicted octanol–water partition coefficient (Wildman–Crippen LogP) is 2.92. The van der Waals surface area contributed by atoms with Crippen molar-refractivity contribution >= 4 is 32.4 Å². The highest BCUT2D eigenvalue weighted by atomic mass is 79.9. The van der Waals surface area contributed by atoms with Gasteiger partial charge in [-0.2, -0.15) is 0 Å². The quantitative estimate of drug-likeness (QED) is 0.773. The van der Waals surface area contributed by atoms with Gasteiger partial charge in [-0.1, -0.05) is 15.9 Å². The van der Waals surface area contributed by atoms with Gasteiger partial charge in [0.15, 0.2) is 5.13 Å². The van der Waals surface area contributed by atoms with Crippen LogP contribution in [0.25, 0.3) is 0 Å². The van der Waals surface area contributed by atoms with Gasteiger partial charge in [0.25, 0.3) is 6.43 Å². The van der Waals surface area contributed by atoms with Gasteiger partial charge in [-0.25, -0.2) is 13.8 Å². The van der Waals surface area contributed by atoms with Gasteiger partial charge >= 0.3 is 0 Å². The summed E-state index contributed by atoms with van der Waals surface area (Å²) >= 11 is 4.63. The first kappa shape index (κ1) is 11.8. The first-order valence-corrected chi connectivity index (χ1v) is 6.14. The van der Waals surface area contributed by atoms with Gasteiger partial charge in [-0.05, 0) is 6.92 Å². The van der Waals surface area contributed by atoms with E-state index in [1.54, 1.807) is 4.90 Å². The van der Waals surface area contributed by atoms with Crippen molar-refractivity contribution in [1.82, 2.24) is 4.98 Å². The Morgan fingerprint density at radius 2 is 2.36 bits per heavy atom. The minimum Gasteiger partial charge on any atom is -0.342 e. The fourth-order valence-corrected chi connectivity index (χ4v) is 2.29. The summed E-state index contributed by atoms with van der Waals surface area (Å²) in [6.45, 7) is 2.16. The van der Waals surface area contributed by atoms with Gasteiger partial charge in [-0.3, -0.25) is 0 Å². The molecule has 0 amide bonds. The molecule has 1 heterocycles. The van der Waals surface area contributed by atoms with Crippen molar-refractivity contribution in [3.05, 3.63) is 11.1 Å². The Balaban J connectivity index is 2.66. The third-order valence-electron chi connectivity index (χ3n) is 1.59. The van der Waals surface area contributed by atoms with E-state index in [4.69, 9.17) is 0 Å². The van der Waals surface area contributed by atoms with E-state index in [0.29, 0.717) is 17.0 Å². The summed E-state index contributed by atoms with van der Waals surface area (Å²) in [5.41, 5.74) is 0.874. The summed E-state index contributed by atoms with van der Waals surface area (Å²) in [7, 11) is 0. The lowest BCUT2D eigenvalue weighted by atomic mass is 10.5. The van der Waals surface area contributed by atoms with Crippen molar-refractivity contribution < 1.29 is 8.78 Å². The molecule has 1 rings (SSSR count). The van der Waals surface area contributed by atoms with Crippen LogP contribution in [-0.2, 0) is 0 Å². The molecule has 0 unspecified atom stereocenters. The molecule has 80 valence electrons. The predicted molar refractivity (Wildman–Crippen MR) is 58.9 cm³/mol. The largest absolute Gasteiger partial charge is 0.342 e. The smallest absolute Gasteiger partial charge is 0.255 e. The number of hydrogen-bond acceptors (Lipinski definition) is 3. The summed E-state index contributed by atoms with van der Waals surface area (Å²) in [6, 6.07) is 0. The minimum absolute atomic E-state index is 0.251. The first-order valence-electron chi connectivity index (χ1n) is 4.14. The van der Waals surface area contributed by atoms with Crippen molar-refractivity contribution in [1.29, 1.82) is 0 Å². The number of rotatable bonds is 5. The Labute approximate surface area is 94.1 Å². The van der Waals surface area contributed by atoms with Gasteiger partial charge in [0.1, 0.15) is 0 Å². The topological polar surface area (TPSA) is 16.1 Å². The van der Waals surface area contributed by atoms with E-state index in [1.807, 2.05) is 12.3 Å². The highest BCUT2D eigenvalue weighted by Crippen LogP contribution is 2.20. The maximum atomic E-state index is 12.2. The summed E-state index contributed by atoms with van der Waals surface area (Å²) in [5, 5.41) is 3.20. The van der Waals surface area contributed by atoms with Gasteiger partial charge in [0.05, 0.1) is 12.2 Å². The SMILES string of the molecule is Cc1csc(N(CCBr)CC(F)F)n1. The van der Waals surface area contributed by atoms with E-state index in [2.05, 4.69) is 20.9 Å². The van der Waals surface area contributed by atoms with E-state index in [-0.39, 0.29) is 6.54 Å². The fraction of sp³-hybridized carbons (Fsp3) is 0.625. The van der Waals surface area contributed by atoms with E-state index in [1.165, 1.54) is 11.3 Å². The lowest BCUT2D eigenvalue weighted by molar-refractivity contribution is 0.155. The van der Waals surface area contributed by atoms with Crippen LogP contribution < -0.4 is 4.90 Å². The molecule has 0 radical (unpaired) electrons. The average molecular weight is 285 g/mol. The van der Waals surface area contributed by atoms with Crippen LogP contribution in [0.2, 0.25) is 0 Å². The van der Waals surface area contributed by atoms with Crippen molar-refractivity contribution in [3.63, 3.8) is 0 Å². The number of nitrogens with zero attached hydrogens (tertiary/aromatic N) is 2. The van der Waals surface area contributed by atoms with Crippen LogP contribution in [0.5, 0.6) is 0 Å². The maximum absolute atomic E-state index is 12.2. The van der Waals surface area contributed by atoms with Gasteiger partial charge < -0.3 is 4.90 Å². The second kappa shape index (κ2) is 5.60. The third-order valence-corrected chi connectivity index (χ3v) is 2.96. The first-order chi connectivity index (χ1) is 6.63. The Hall–Kier alpha value is -0.230. The van der Waals surface area contributed by atoms with Crippen molar-refractivity contribution in [2.75, 3.05) is 23.3 Å². The summed E-state index contributed by atoms with van der Waals surface area (Å²) < 4.78 is 24.4. The second-order valence-electron chi connectivity index (χ2n) is 2.80. The van der Waals surface area contributed by atoms with Crippen LogP contribution in [0.1, 0.15) is 5.69 Å². The lowest BCUT2D eigenvalue weighted by Gasteiger charge is -2.19. The minimum atomic E-state index is -2.32. The molecule has 0 bridgehead atoms. The number of alkyl halides is 3. The zero-order valence-electron chi connectivity index (χ0n) is 7.71. The maximum Gasteiger partial charge on any atom is 0.255 e. The molecule has 0 N–H and O–H groups in total. The van der Waals surface area contributed by atoms with E-state index >= 15 is 0 Å². The Kier molecular flexibility index (Phi) is 4.74. The molecule has 1 aromatic heterocycles. The zero-order valence-corrected chi connectivity index (χ0v) is 10.1. The molecule has 0 saturated carbocycles. The van der Waals surface area contributed by atoms with Gasteiger partial charge in [-0.15, -0.1) is 11.3 Å². The number of aryl methyl sites for hydroxylation is 1. The highest BCUT2D eigenvalue weighted by molar-refractivity contribution is 9.09. The van der Waals surface area contributed by atoms with E-state index < -0.39 is 6.43 Å². The molecule has 0 aliphatic rings. The number of hydrogen-bond donors (Lipinski definition) is 0. The fourth-order valence-electron chi connectivity index (χ4n) is 1.02. The van der Waals surface area contributed by atoms with E-state index in [0.717, 1.165) is 5.69 Å². The van der Waals surface area contributed by atoms with Crippen LogP contribution >= 0.6 is 27.3 Å². The van der Waals surface area contributed by atoms with Gasteiger partial charge in [0, 0.05) is 17.3 Å². The normalized spacial score (nSPS) is 10.9. The van der Waals surface area contributed by atoms with Crippen LogP contribution in [0, 0.1) is 6.92 Å². The van der Waals surface area contributed by atoms with Gasteiger partial charge in [0.2, 0.25) is 0 Å². The van der Waals surface area contributed by atoms with Crippen molar-refractivity contribution in [3.8, 4) is 0 Å². The molecular weight excluding hydrogens is 274 g/mol. The number of halogens is 3. The Morgan fingerprint density at radius 3 is 2.79 bits per heavy atom. The Morgan fingerprint density at radius 1 is 1.64 bits per heavy atom. The monoisotopic (exact) mass is 284 g/mol. The summed E-state index contributed by atoms with van der Waals surface area (Å²) in [4.78, 5) is 5.77. The van der Waals surface area contributed by atoms with Crippen molar-refractivity contribution in [2.45, 2.75) is 13.3 Å². The molecule has 0 aliphatic carbocycles. The molecule has 1 aromatic rings. The lowest BCUT2D eigenvalue weighted by Crippen LogP contribution is -2.30. The van der Waals surface area contributed by atoms with Crippen LogP contribution in [0.4, 0.5) is 13.9 Å². The highest BCUT2D eigenvalue weighted by Gasteiger charge is 2.14. The molecule has 0 saturated heterocycles.